The number of nitrogens with one attached hydrogen (secondary N) is 1. The SMILES string of the molecule is CCC/C=C(\C)N(CCNC)CCC1CCCCC1. The molecule has 1 rings (SSSR count). The van der Waals surface area contributed by atoms with Gasteiger partial charge in [-0.05, 0) is 32.7 Å². The van der Waals surface area contributed by atoms with Crippen molar-refractivity contribution in [1.82, 2.24) is 10.2 Å². The van der Waals surface area contributed by atoms with Crippen molar-refractivity contribution in [2.75, 3.05) is 26.7 Å². The first-order chi connectivity index (χ1) is 9.27. The fraction of sp³-hybridized carbons (Fsp3) is 0.882. The molecule has 0 heterocycles. The molecule has 1 fully saturated rings. The van der Waals surface area contributed by atoms with Crippen molar-refractivity contribution >= 4 is 0 Å². The van der Waals surface area contributed by atoms with Crippen LogP contribution in [0, 0.1) is 5.92 Å². The van der Waals surface area contributed by atoms with Crippen LogP contribution in [0.4, 0.5) is 0 Å². The third-order valence-corrected chi connectivity index (χ3v) is 4.39. The van der Waals surface area contributed by atoms with Crippen LogP contribution < -0.4 is 5.32 Å². The molecule has 0 amide bonds. The monoisotopic (exact) mass is 266 g/mol. The molecular formula is C17H34N2. The Morgan fingerprint density at radius 2 is 1.95 bits per heavy atom. The zero-order valence-corrected chi connectivity index (χ0v) is 13.4. The predicted molar refractivity (Wildman–Crippen MR) is 85.4 cm³/mol. The topological polar surface area (TPSA) is 15.3 Å². The molecule has 0 bridgehead atoms. The molecule has 0 aliphatic heterocycles. The van der Waals surface area contributed by atoms with Gasteiger partial charge in [0.2, 0.25) is 0 Å². The lowest BCUT2D eigenvalue weighted by molar-refractivity contribution is 0.271. The van der Waals surface area contributed by atoms with Crippen molar-refractivity contribution in [3.63, 3.8) is 0 Å². The molecule has 1 aliphatic rings. The summed E-state index contributed by atoms with van der Waals surface area (Å²) in [4.78, 5) is 2.58. The summed E-state index contributed by atoms with van der Waals surface area (Å²) in [5, 5.41) is 3.28. The molecule has 0 aromatic carbocycles. The molecule has 19 heavy (non-hydrogen) atoms. The van der Waals surface area contributed by atoms with Crippen molar-refractivity contribution in [2.45, 2.75) is 65.2 Å². The van der Waals surface area contributed by atoms with Crippen LogP contribution in [-0.2, 0) is 0 Å². The van der Waals surface area contributed by atoms with E-state index in [4.69, 9.17) is 0 Å². The van der Waals surface area contributed by atoms with E-state index < -0.39 is 0 Å². The third kappa shape index (κ3) is 7.00. The zero-order chi connectivity index (χ0) is 13.9. The van der Waals surface area contributed by atoms with E-state index in [2.05, 4.69) is 30.1 Å². The van der Waals surface area contributed by atoms with Gasteiger partial charge in [-0.25, -0.2) is 0 Å². The second kappa shape index (κ2) is 10.3. The molecular weight excluding hydrogens is 232 g/mol. The highest BCUT2D eigenvalue weighted by Gasteiger charge is 2.15. The van der Waals surface area contributed by atoms with Gasteiger partial charge in [-0.15, -0.1) is 0 Å². The lowest BCUT2D eigenvalue weighted by Gasteiger charge is -2.29. The first-order valence-corrected chi connectivity index (χ1v) is 8.34. The number of nitrogens with zero attached hydrogens (tertiary/aromatic N) is 1. The summed E-state index contributed by atoms with van der Waals surface area (Å²) in [6.07, 6.45) is 13.6. The van der Waals surface area contributed by atoms with Crippen molar-refractivity contribution in [2.24, 2.45) is 5.92 Å². The van der Waals surface area contributed by atoms with Crippen LogP contribution in [0.5, 0.6) is 0 Å². The number of allylic oxidation sites excluding steroid dienone is 2. The van der Waals surface area contributed by atoms with E-state index in [0.29, 0.717) is 0 Å². The van der Waals surface area contributed by atoms with Crippen LogP contribution in [0.25, 0.3) is 0 Å². The van der Waals surface area contributed by atoms with Crippen LogP contribution in [0.1, 0.15) is 65.2 Å². The van der Waals surface area contributed by atoms with Gasteiger partial charge < -0.3 is 10.2 Å². The van der Waals surface area contributed by atoms with Gasteiger partial charge in [0, 0.05) is 25.3 Å². The lowest BCUT2D eigenvalue weighted by atomic mass is 9.87. The number of rotatable bonds is 9. The van der Waals surface area contributed by atoms with Crippen LogP contribution in [0.3, 0.4) is 0 Å². The molecule has 0 aromatic rings. The third-order valence-electron chi connectivity index (χ3n) is 4.39. The van der Waals surface area contributed by atoms with E-state index in [1.807, 2.05) is 7.05 Å². The molecule has 2 nitrogen and oxygen atoms in total. The van der Waals surface area contributed by atoms with E-state index in [-0.39, 0.29) is 0 Å². The number of unbranched alkanes of at least 4 members (excludes halogenated alkanes) is 1. The average Bonchev–Trinajstić information content (AvgIpc) is 2.46. The maximum atomic E-state index is 3.28. The maximum absolute atomic E-state index is 3.28. The highest BCUT2D eigenvalue weighted by atomic mass is 15.1. The highest BCUT2D eigenvalue weighted by Crippen LogP contribution is 2.26. The number of hydrogen-bond acceptors (Lipinski definition) is 2. The summed E-state index contributed by atoms with van der Waals surface area (Å²) in [7, 11) is 2.05. The first kappa shape index (κ1) is 16.6. The van der Waals surface area contributed by atoms with Crippen molar-refractivity contribution in [1.29, 1.82) is 0 Å². The van der Waals surface area contributed by atoms with Gasteiger partial charge in [0.25, 0.3) is 0 Å². The molecule has 2 heteroatoms. The minimum absolute atomic E-state index is 0.991. The van der Waals surface area contributed by atoms with Gasteiger partial charge in [-0.2, -0.15) is 0 Å². The maximum Gasteiger partial charge on any atom is 0.0299 e. The fourth-order valence-electron chi connectivity index (χ4n) is 3.01. The molecule has 0 atom stereocenters. The fourth-order valence-corrected chi connectivity index (χ4v) is 3.01. The summed E-state index contributed by atoms with van der Waals surface area (Å²) in [5.41, 5.74) is 1.48. The van der Waals surface area contributed by atoms with E-state index >= 15 is 0 Å². The Bertz CT molecular complexity index is 242. The Morgan fingerprint density at radius 3 is 2.58 bits per heavy atom. The van der Waals surface area contributed by atoms with Crippen molar-refractivity contribution in [3.8, 4) is 0 Å². The molecule has 0 aromatic heterocycles. The first-order valence-electron chi connectivity index (χ1n) is 8.34. The van der Waals surface area contributed by atoms with Crippen LogP contribution in [0.2, 0.25) is 0 Å². The molecule has 0 unspecified atom stereocenters. The van der Waals surface area contributed by atoms with Gasteiger partial charge in [-0.1, -0.05) is 51.5 Å². The largest absolute Gasteiger partial charge is 0.374 e. The van der Waals surface area contributed by atoms with E-state index in [1.165, 1.54) is 63.6 Å². The summed E-state index contributed by atoms with van der Waals surface area (Å²) in [6, 6.07) is 0. The van der Waals surface area contributed by atoms with Crippen LogP contribution in [-0.4, -0.2) is 31.6 Å². The quantitative estimate of drug-likeness (QED) is 0.673. The van der Waals surface area contributed by atoms with E-state index in [0.717, 1.165) is 19.0 Å². The standard InChI is InChI=1S/C17H34N2/c1-4-5-9-16(2)19(15-13-18-3)14-12-17-10-7-6-8-11-17/h9,17-18H,4-8,10-15H2,1-3H3/b16-9+. The minimum atomic E-state index is 0.991. The molecule has 112 valence electrons. The molecule has 0 saturated heterocycles. The Morgan fingerprint density at radius 1 is 1.21 bits per heavy atom. The Kier molecular flexibility index (Phi) is 8.98. The van der Waals surface area contributed by atoms with Gasteiger partial charge in [-0.3, -0.25) is 0 Å². The van der Waals surface area contributed by atoms with Gasteiger partial charge >= 0.3 is 0 Å². The Labute approximate surface area is 120 Å². The summed E-state index contributed by atoms with van der Waals surface area (Å²) >= 11 is 0. The van der Waals surface area contributed by atoms with E-state index in [1.54, 1.807) is 0 Å². The van der Waals surface area contributed by atoms with E-state index in [9.17, 15) is 0 Å². The van der Waals surface area contributed by atoms with Gasteiger partial charge in [0.15, 0.2) is 0 Å². The Balaban J connectivity index is 2.38. The normalized spacial score (nSPS) is 17.7. The van der Waals surface area contributed by atoms with Crippen LogP contribution >= 0.6 is 0 Å². The molecule has 1 aliphatic carbocycles. The smallest absolute Gasteiger partial charge is 0.0299 e. The lowest BCUT2D eigenvalue weighted by Crippen LogP contribution is -2.31. The minimum Gasteiger partial charge on any atom is -0.374 e. The van der Waals surface area contributed by atoms with Gasteiger partial charge in [0.05, 0.1) is 0 Å². The summed E-state index contributed by atoms with van der Waals surface area (Å²) < 4.78 is 0. The second-order valence-electron chi connectivity index (χ2n) is 6.02. The Hall–Kier alpha value is -0.500. The van der Waals surface area contributed by atoms with Gasteiger partial charge in [0.1, 0.15) is 0 Å². The van der Waals surface area contributed by atoms with Crippen molar-refractivity contribution in [3.05, 3.63) is 11.8 Å². The van der Waals surface area contributed by atoms with Crippen LogP contribution in [0.15, 0.2) is 11.8 Å². The van der Waals surface area contributed by atoms with Crippen molar-refractivity contribution < 1.29 is 0 Å². The number of likely N-dealkylation sites (N-methyl/N-ethyl adjacent to an activating group) is 1. The number of hydrogen-bond donors (Lipinski definition) is 1. The summed E-state index contributed by atoms with van der Waals surface area (Å²) in [6.45, 7) is 8.02. The highest BCUT2D eigenvalue weighted by molar-refractivity contribution is 4.97. The molecule has 1 saturated carbocycles. The summed E-state index contributed by atoms with van der Waals surface area (Å²) in [5.74, 6) is 0.991. The second-order valence-corrected chi connectivity index (χ2v) is 6.02. The molecule has 0 spiro atoms. The predicted octanol–water partition coefficient (Wildman–Crippen LogP) is 4.18. The average molecular weight is 266 g/mol. The molecule has 1 N–H and O–H groups in total. The molecule has 0 radical (unpaired) electrons. The zero-order valence-electron chi connectivity index (χ0n) is 13.4.